The van der Waals surface area contributed by atoms with Crippen LogP contribution in [0.25, 0.3) is 5.76 Å². The number of aryl methyl sites for hydroxylation is 2. The Morgan fingerprint density at radius 3 is 2.65 bits per heavy atom. The molecule has 1 fully saturated rings. The van der Waals surface area contributed by atoms with Crippen LogP contribution in [0.4, 0.5) is 5.13 Å². The van der Waals surface area contributed by atoms with E-state index in [9.17, 15) is 19.5 Å². The minimum absolute atomic E-state index is 0.119. The Morgan fingerprint density at radius 1 is 1.26 bits per heavy atom. The highest BCUT2D eigenvalue weighted by molar-refractivity contribution is 7.17. The van der Waals surface area contributed by atoms with E-state index in [0.717, 1.165) is 21.8 Å². The van der Waals surface area contributed by atoms with Gasteiger partial charge in [0.1, 0.15) is 28.2 Å². The van der Waals surface area contributed by atoms with Gasteiger partial charge in [-0.25, -0.2) is 9.78 Å². The third-order valence-electron chi connectivity index (χ3n) is 5.38. The zero-order valence-corrected chi connectivity index (χ0v) is 19.8. The Hall–Kier alpha value is -3.92. The Bertz CT molecular complexity index is 1310. The molecule has 176 valence electrons. The summed E-state index contributed by atoms with van der Waals surface area (Å²) in [6.45, 7) is 5.29. The average Bonchev–Trinajstić information content (AvgIpc) is 3.52. The molecule has 1 amide bonds. The molecule has 1 N–H and O–H groups in total. The van der Waals surface area contributed by atoms with E-state index in [0.29, 0.717) is 17.0 Å². The summed E-state index contributed by atoms with van der Waals surface area (Å²) in [6.07, 6.45) is 1.41. The van der Waals surface area contributed by atoms with E-state index >= 15 is 0 Å². The predicted octanol–water partition coefficient (Wildman–Crippen LogP) is 4.16. The van der Waals surface area contributed by atoms with Crippen LogP contribution < -0.4 is 9.64 Å². The molecule has 9 nitrogen and oxygen atoms in total. The van der Waals surface area contributed by atoms with Crippen LogP contribution in [0.5, 0.6) is 5.75 Å². The van der Waals surface area contributed by atoms with E-state index in [2.05, 4.69) is 4.98 Å². The van der Waals surface area contributed by atoms with Gasteiger partial charge < -0.3 is 19.0 Å². The first-order valence-electron chi connectivity index (χ1n) is 10.4. The van der Waals surface area contributed by atoms with Gasteiger partial charge in [0, 0.05) is 5.56 Å². The summed E-state index contributed by atoms with van der Waals surface area (Å²) in [6, 6.07) is 7.07. The van der Waals surface area contributed by atoms with Crippen molar-refractivity contribution in [2.45, 2.75) is 26.8 Å². The van der Waals surface area contributed by atoms with Crippen LogP contribution in [0, 0.1) is 13.8 Å². The summed E-state index contributed by atoms with van der Waals surface area (Å²) >= 11 is 0.933. The number of carbonyl (C=O) groups excluding carboxylic acids is 3. The maximum absolute atomic E-state index is 13.2. The van der Waals surface area contributed by atoms with Crippen LogP contribution >= 0.6 is 11.3 Å². The van der Waals surface area contributed by atoms with E-state index in [4.69, 9.17) is 13.9 Å². The van der Waals surface area contributed by atoms with Crippen LogP contribution in [0.3, 0.4) is 0 Å². The first kappa shape index (κ1) is 23.2. The number of aromatic nitrogens is 1. The molecule has 1 saturated heterocycles. The van der Waals surface area contributed by atoms with E-state index < -0.39 is 23.7 Å². The molecular formula is C24H22N2O7S. The molecule has 0 radical (unpaired) electrons. The van der Waals surface area contributed by atoms with Gasteiger partial charge in [0.15, 0.2) is 5.13 Å². The van der Waals surface area contributed by atoms with Gasteiger partial charge in [-0.3, -0.25) is 14.5 Å². The monoisotopic (exact) mass is 482 g/mol. The molecule has 0 spiro atoms. The molecule has 4 rings (SSSR count). The number of nitrogens with zero attached hydrogens (tertiary/aromatic N) is 2. The van der Waals surface area contributed by atoms with E-state index in [1.807, 2.05) is 0 Å². The number of rotatable bonds is 6. The maximum atomic E-state index is 13.2. The predicted molar refractivity (Wildman–Crippen MR) is 124 cm³/mol. The third-order valence-corrected chi connectivity index (χ3v) is 6.51. The Kier molecular flexibility index (Phi) is 6.25. The number of methoxy groups -OCH3 is 1. The summed E-state index contributed by atoms with van der Waals surface area (Å²) < 4.78 is 15.9. The molecule has 0 saturated carbocycles. The highest BCUT2D eigenvalue weighted by atomic mass is 32.1. The number of amides is 1. The van der Waals surface area contributed by atoms with Gasteiger partial charge in [-0.15, -0.1) is 0 Å². The molecule has 34 heavy (non-hydrogen) atoms. The number of thiazole rings is 1. The van der Waals surface area contributed by atoms with Crippen molar-refractivity contribution >= 4 is 39.9 Å². The highest BCUT2D eigenvalue weighted by Crippen LogP contribution is 2.44. The molecular weight excluding hydrogens is 460 g/mol. The number of aliphatic hydroxyl groups is 1. The number of anilines is 1. The van der Waals surface area contributed by atoms with Crippen molar-refractivity contribution in [3.63, 3.8) is 0 Å². The third kappa shape index (κ3) is 3.86. The Morgan fingerprint density at radius 2 is 2.03 bits per heavy atom. The lowest BCUT2D eigenvalue weighted by atomic mass is 9.98. The summed E-state index contributed by atoms with van der Waals surface area (Å²) in [4.78, 5) is 44.3. The number of esters is 1. The zero-order valence-electron chi connectivity index (χ0n) is 18.9. The number of carbonyl (C=O) groups is 3. The van der Waals surface area contributed by atoms with Gasteiger partial charge in [-0.2, -0.15) is 0 Å². The van der Waals surface area contributed by atoms with Crippen molar-refractivity contribution < 1.29 is 33.4 Å². The van der Waals surface area contributed by atoms with Crippen LogP contribution in [-0.2, 0) is 14.3 Å². The van der Waals surface area contributed by atoms with Crippen molar-refractivity contribution in [2.75, 3.05) is 18.6 Å². The Labute approximate surface area is 199 Å². The van der Waals surface area contributed by atoms with Gasteiger partial charge in [0.05, 0.1) is 31.2 Å². The van der Waals surface area contributed by atoms with Gasteiger partial charge in [-0.1, -0.05) is 11.3 Å². The summed E-state index contributed by atoms with van der Waals surface area (Å²) in [5, 5.41) is 11.3. The summed E-state index contributed by atoms with van der Waals surface area (Å²) in [5.74, 6) is -1.83. The Balaban J connectivity index is 1.87. The number of furan rings is 1. The van der Waals surface area contributed by atoms with Gasteiger partial charge >= 0.3 is 11.9 Å². The molecule has 1 unspecified atom stereocenters. The van der Waals surface area contributed by atoms with E-state index in [-0.39, 0.29) is 33.7 Å². The van der Waals surface area contributed by atoms with Gasteiger partial charge in [-0.05, 0) is 56.7 Å². The van der Waals surface area contributed by atoms with Crippen LogP contribution in [0.2, 0.25) is 0 Å². The molecule has 1 atom stereocenters. The van der Waals surface area contributed by atoms with Gasteiger partial charge in [0.2, 0.25) is 0 Å². The molecule has 3 heterocycles. The number of ketones is 1. The number of ether oxygens (including phenoxy) is 2. The first-order chi connectivity index (χ1) is 16.3. The van der Waals surface area contributed by atoms with Crippen LogP contribution in [0.1, 0.15) is 45.2 Å². The first-order valence-corrected chi connectivity index (χ1v) is 11.2. The number of benzene rings is 1. The quantitative estimate of drug-likeness (QED) is 0.241. The summed E-state index contributed by atoms with van der Waals surface area (Å²) in [7, 11) is 1.53. The highest BCUT2D eigenvalue weighted by Gasteiger charge is 2.49. The van der Waals surface area contributed by atoms with E-state index in [1.54, 1.807) is 51.1 Å². The normalized spacial score (nSPS) is 17.3. The molecule has 3 aromatic rings. The van der Waals surface area contributed by atoms with E-state index in [1.165, 1.54) is 13.4 Å². The summed E-state index contributed by atoms with van der Waals surface area (Å²) in [5.41, 5.74) is 1.31. The average molecular weight is 483 g/mol. The number of hydrogen-bond acceptors (Lipinski definition) is 9. The van der Waals surface area contributed by atoms with Crippen LogP contribution in [0.15, 0.2) is 46.6 Å². The minimum Gasteiger partial charge on any atom is -0.507 e. The molecule has 1 aliphatic rings. The lowest BCUT2D eigenvalue weighted by Gasteiger charge is -2.20. The fourth-order valence-corrected chi connectivity index (χ4v) is 4.79. The van der Waals surface area contributed by atoms with Crippen molar-refractivity contribution in [2.24, 2.45) is 0 Å². The largest absolute Gasteiger partial charge is 0.507 e. The topological polar surface area (TPSA) is 119 Å². The molecule has 10 heteroatoms. The van der Waals surface area contributed by atoms with Crippen molar-refractivity contribution in [1.82, 2.24) is 4.98 Å². The van der Waals surface area contributed by atoms with Crippen molar-refractivity contribution in [3.8, 4) is 5.75 Å². The molecule has 1 aliphatic heterocycles. The lowest BCUT2D eigenvalue weighted by molar-refractivity contribution is -0.132. The molecule has 1 aromatic carbocycles. The lowest BCUT2D eigenvalue weighted by Crippen LogP contribution is -2.29. The number of aliphatic hydroxyl groups excluding tert-OH is 1. The fourth-order valence-electron chi connectivity index (χ4n) is 3.80. The van der Waals surface area contributed by atoms with Gasteiger partial charge in [0.25, 0.3) is 5.78 Å². The second-order valence-electron chi connectivity index (χ2n) is 7.50. The smallest absolute Gasteiger partial charge is 0.350 e. The van der Waals surface area contributed by atoms with Crippen molar-refractivity contribution in [1.29, 1.82) is 0 Å². The number of hydrogen-bond donors (Lipinski definition) is 1. The maximum Gasteiger partial charge on any atom is 0.350 e. The molecule has 0 aliphatic carbocycles. The molecule has 0 bridgehead atoms. The second-order valence-corrected chi connectivity index (χ2v) is 8.48. The zero-order chi connectivity index (χ0) is 24.6. The minimum atomic E-state index is -1.07. The fraction of sp³-hybridized carbons (Fsp3) is 0.250. The SMILES string of the molecule is CCOC(=O)c1sc(N2C(=O)C(=O)/C(=C(/O)c3ccc(OC)c(C)c3)C2c2ccco2)nc1C. The standard InChI is InChI=1S/C24H22N2O7S/c1-5-32-23(30)21-13(3)25-24(34-21)26-18(16-7-6-10-33-16)17(20(28)22(26)29)19(27)14-8-9-15(31-4)12(2)11-14/h6-11,18,27H,5H2,1-4H3/b19-17+. The molecule has 2 aromatic heterocycles. The second kappa shape index (κ2) is 9.14. The number of Topliss-reactive ketones (excluding diaryl/α,β-unsaturated/α-hetero) is 1. The van der Waals surface area contributed by atoms with Crippen LogP contribution in [-0.4, -0.2) is 41.5 Å². The van der Waals surface area contributed by atoms with Crippen molar-refractivity contribution in [3.05, 3.63) is 69.6 Å².